The van der Waals surface area contributed by atoms with Gasteiger partial charge >= 0.3 is 5.97 Å². The van der Waals surface area contributed by atoms with Crippen LogP contribution in [0, 0.1) is 11.8 Å². The van der Waals surface area contributed by atoms with Gasteiger partial charge in [0.1, 0.15) is 6.04 Å². The molecule has 0 bridgehead atoms. The summed E-state index contributed by atoms with van der Waals surface area (Å²) in [5.41, 5.74) is 0. The second-order valence-electron chi connectivity index (χ2n) is 4.49. The zero-order chi connectivity index (χ0) is 10.1. The number of carbonyl (C=O) groups excluding carboxylic acids is 1. The molecule has 80 valence electrons. The van der Waals surface area contributed by atoms with Crippen molar-refractivity contribution in [2.45, 2.75) is 32.2 Å². The molecule has 1 saturated heterocycles. The molecule has 1 aliphatic carbocycles. The van der Waals surface area contributed by atoms with E-state index in [1.54, 1.807) is 0 Å². The summed E-state index contributed by atoms with van der Waals surface area (Å²) in [6, 6.07) is 0.0439. The number of hydrogen-bond donors (Lipinski definition) is 0. The lowest BCUT2D eigenvalue weighted by Gasteiger charge is -2.21. The molecular weight excluding hydrogens is 178 g/mol. The van der Waals surface area contributed by atoms with Gasteiger partial charge in [0.25, 0.3) is 0 Å². The van der Waals surface area contributed by atoms with Gasteiger partial charge in [0, 0.05) is 6.54 Å². The Morgan fingerprint density at radius 3 is 3.00 bits per heavy atom. The molecule has 3 heteroatoms. The summed E-state index contributed by atoms with van der Waals surface area (Å²) in [5.74, 6) is 1.30. The van der Waals surface area contributed by atoms with Crippen LogP contribution in [0.4, 0.5) is 0 Å². The van der Waals surface area contributed by atoms with Crippen molar-refractivity contribution < 1.29 is 9.53 Å². The number of hydrogen-bond acceptors (Lipinski definition) is 3. The third-order valence-electron chi connectivity index (χ3n) is 3.65. The van der Waals surface area contributed by atoms with Crippen LogP contribution in [0.25, 0.3) is 0 Å². The Labute approximate surface area is 85.4 Å². The van der Waals surface area contributed by atoms with Crippen molar-refractivity contribution in [2.75, 3.05) is 20.2 Å². The summed E-state index contributed by atoms with van der Waals surface area (Å²) in [7, 11) is 2.04. The minimum absolute atomic E-state index is 0.00981. The van der Waals surface area contributed by atoms with Gasteiger partial charge in [-0.3, -0.25) is 9.69 Å². The normalized spacial score (nSPS) is 37.1. The first-order chi connectivity index (χ1) is 6.74. The van der Waals surface area contributed by atoms with Gasteiger partial charge in [-0.2, -0.15) is 0 Å². The van der Waals surface area contributed by atoms with Crippen molar-refractivity contribution in [3.05, 3.63) is 0 Å². The number of fused-ring (bicyclic) bond motifs is 1. The highest BCUT2D eigenvalue weighted by Gasteiger charge is 2.46. The van der Waals surface area contributed by atoms with Crippen LogP contribution < -0.4 is 0 Å². The standard InChI is InChI=1S/C11H19NO2/c1-3-14-11(13)10-9-6-4-5-8(9)7-12(10)2/h8-10H,3-7H2,1-2H3/t8-,9-,10-/m0/s1. The van der Waals surface area contributed by atoms with Crippen LogP contribution in [0.3, 0.4) is 0 Å². The maximum absolute atomic E-state index is 11.7. The van der Waals surface area contributed by atoms with E-state index in [1.165, 1.54) is 19.3 Å². The van der Waals surface area contributed by atoms with Crippen molar-refractivity contribution in [2.24, 2.45) is 11.8 Å². The van der Waals surface area contributed by atoms with Gasteiger partial charge in [0.05, 0.1) is 6.61 Å². The molecule has 3 atom stereocenters. The molecule has 0 N–H and O–H groups in total. The SMILES string of the molecule is CCOC(=O)[C@@H]1[C@H]2CCC[C@H]2CN1C. The number of rotatable bonds is 2. The Morgan fingerprint density at radius 1 is 1.50 bits per heavy atom. The summed E-state index contributed by atoms with van der Waals surface area (Å²) in [6.45, 7) is 3.45. The van der Waals surface area contributed by atoms with Gasteiger partial charge in [-0.15, -0.1) is 0 Å². The van der Waals surface area contributed by atoms with Gasteiger partial charge in [-0.1, -0.05) is 6.42 Å². The molecular formula is C11H19NO2. The topological polar surface area (TPSA) is 29.5 Å². The molecule has 1 saturated carbocycles. The Balaban J connectivity index is 2.05. The minimum atomic E-state index is -0.00981. The van der Waals surface area contributed by atoms with Crippen molar-refractivity contribution in [3.8, 4) is 0 Å². The Bertz CT molecular complexity index is 229. The van der Waals surface area contributed by atoms with Crippen molar-refractivity contribution in [1.29, 1.82) is 0 Å². The summed E-state index contributed by atoms with van der Waals surface area (Å²) in [5, 5.41) is 0. The smallest absolute Gasteiger partial charge is 0.323 e. The zero-order valence-electron chi connectivity index (χ0n) is 9.03. The van der Waals surface area contributed by atoms with Gasteiger partial charge in [-0.05, 0) is 38.6 Å². The predicted octanol–water partition coefficient (Wildman–Crippen LogP) is 1.28. The maximum atomic E-state index is 11.7. The molecule has 14 heavy (non-hydrogen) atoms. The van der Waals surface area contributed by atoms with Gasteiger partial charge in [-0.25, -0.2) is 0 Å². The highest BCUT2D eigenvalue weighted by molar-refractivity contribution is 5.76. The lowest BCUT2D eigenvalue weighted by atomic mass is 9.94. The first-order valence-corrected chi connectivity index (χ1v) is 5.61. The number of ether oxygens (including phenoxy) is 1. The fraction of sp³-hybridized carbons (Fsp3) is 0.909. The molecule has 0 aromatic carbocycles. The molecule has 2 aliphatic rings. The third kappa shape index (κ3) is 1.54. The van der Waals surface area contributed by atoms with E-state index in [2.05, 4.69) is 4.90 Å². The number of nitrogens with zero attached hydrogens (tertiary/aromatic N) is 1. The van der Waals surface area contributed by atoms with E-state index in [1.807, 2.05) is 14.0 Å². The van der Waals surface area contributed by atoms with Crippen LogP contribution in [0.5, 0.6) is 0 Å². The van der Waals surface area contributed by atoms with E-state index in [9.17, 15) is 4.79 Å². The zero-order valence-corrected chi connectivity index (χ0v) is 9.03. The fourth-order valence-electron chi connectivity index (χ4n) is 3.10. The average Bonchev–Trinajstić information content (AvgIpc) is 2.63. The Morgan fingerprint density at radius 2 is 2.29 bits per heavy atom. The molecule has 0 aromatic heterocycles. The number of esters is 1. The molecule has 3 nitrogen and oxygen atoms in total. The lowest BCUT2D eigenvalue weighted by molar-refractivity contribution is -0.149. The van der Waals surface area contributed by atoms with Crippen molar-refractivity contribution >= 4 is 5.97 Å². The summed E-state index contributed by atoms with van der Waals surface area (Å²) in [6.07, 6.45) is 3.79. The highest BCUT2D eigenvalue weighted by atomic mass is 16.5. The molecule has 0 amide bonds. The second-order valence-corrected chi connectivity index (χ2v) is 4.49. The summed E-state index contributed by atoms with van der Waals surface area (Å²) >= 11 is 0. The number of likely N-dealkylation sites (N-methyl/N-ethyl adjacent to an activating group) is 1. The number of likely N-dealkylation sites (tertiary alicyclic amines) is 1. The average molecular weight is 197 g/mol. The van der Waals surface area contributed by atoms with Crippen LogP contribution in [0.1, 0.15) is 26.2 Å². The molecule has 1 heterocycles. The quantitative estimate of drug-likeness (QED) is 0.625. The van der Waals surface area contributed by atoms with E-state index >= 15 is 0 Å². The summed E-state index contributed by atoms with van der Waals surface area (Å²) < 4.78 is 5.12. The number of carbonyl (C=O) groups is 1. The van der Waals surface area contributed by atoms with E-state index in [-0.39, 0.29) is 12.0 Å². The van der Waals surface area contributed by atoms with Crippen molar-refractivity contribution in [3.63, 3.8) is 0 Å². The summed E-state index contributed by atoms with van der Waals surface area (Å²) in [4.78, 5) is 13.9. The second kappa shape index (κ2) is 3.89. The fourth-order valence-corrected chi connectivity index (χ4v) is 3.10. The van der Waals surface area contributed by atoms with E-state index < -0.39 is 0 Å². The van der Waals surface area contributed by atoms with Crippen molar-refractivity contribution in [1.82, 2.24) is 4.90 Å². The first kappa shape index (κ1) is 9.97. The van der Waals surface area contributed by atoms with E-state index in [0.717, 1.165) is 12.5 Å². The van der Waals surface area contributed by atoms with Crippen LogP contribution in [0.15, 0.2) is 0 Å². The van der Waals surface area contributed by atoms with Crippen LogP contribution in [-0.4, -0.2) is 37.1 Å². The Kier molecular flexibility index (Phi) is 2.77. The minimum Gasteiger partial charge on any atom is -0.465 e. The molecule has 2 fully saturated rings. The van der Waals surface area contributed by atoms with Crippen LogP contribution >= 0.6 is 0 Å². The molecule has 0 aromatic rings. The van der Waals surface area contributed by atoms with E-state index in [4.69, 9.17) is 4.74 Å². The monoisotopic (exact) mass is 197 g/mol. The largest absolute Gasteiger partial charge is 0.465 e. The van der Waals surface area contributed by atoms with Crippen LogP contribution in [0.2, 0.25) is 0 Å². The van der Waals surface area contributed by atoms with Gasteiger partial charge in [0.2, 0.25) is 0 Å². The first-order valence-electron chi connectivity index (χ1n) is 5.61. The molecule has 0 radical (unpaired) electrons. The third-order valence-corrected chi connectivity index (χ3v) is 3.65. The van der Waals surface area contributed by atoms with Gasteiger partial charge < -0.3 is 4.74 Å². The van der Waals surface area contributed by atoms with Crippen LogP contribution in [-0.2, 0) is 9.53 Å². The maximum Gasteiger partial charge on any atom is 0.323 e. The molecule has 0 spiro atoms. The molecule has 0 unspecified atom stereocenters. The predicted molar refractivity (Wildman–Crippen MR) is 53.9 cm³/mol. The molecule has 2 rings (SSSR count). The molecule has 1 aliphatic heterocycles. The highest BCUT2D eigenvalue weighted by Crippen LogP contribution is 2.41. The Hall–Kier alpha value is -0.570. The van der Waals surface area contributed by atoms with E-state index in [0.29, 0.717) is 12.5 Å². The lowest BCUT2D eigenvalue weighted by Crippen LogP contribution is -2.38. The van der Waals surface area contributed by atoms with Gasteiger partial charge in [0.15, 0.2) is 0 Å².